The van der Waals surface area contributed by atoms with Gasteiger partial charge in [0.1, 0.15) is 0 Å². The molecule has 1 heterocycles. The first-order valence-corrected chi connectivity index (χ1v) is 9.56. The van der Waals surface area contributed by atoms with Gasteiger partial charge in [-0.3, -0.25) is 4.79 Å². The summed E-state index contributed by atoms with van der Waals surface area (Å²) in [6.07, 6.45) is 2.05. The predicted octanol–water partition coefficient (Wildman–Crippen LogP) is 4.37. The second-order valence-electron chi connectivity index (χ2n) is 7.31. The average molecular weight is 367 g/mol. The van der Waals surface area contributed by atoms with Crippen molar-refractivity contribution in [3.05, 3.63) is 95.1 Å². The summed E-state index contributed by atoms with van der Waals surface area (Å²) in [4.78, 5) is 12.9. The first kappa shape index (κ1) is 16.6. The van der Waals surface area contributed by atoms with Crippen LogP contribution in [0.2, 0.25) is 0 Å². The highest BCUT2D eigenvalue weighted by Gasteiger charge is 2.31. The van der Waals surface area contributed by atoms with Crippen LogP contribution < -0.4 is 16.4 Å². The molecule has 0 fully saturated rings. The van der Waals surface area contributed by atoms with E-state index >= 15 is 0 Å². The molecule has 4 nitrogen and oxygen atoms in total. The predicted molar refractivity (Wildman–Crippen MR) is 113 cm³/mol. The van der Waals surface area contributed by atoms with E-state index in [-0.39, 0.29) is 11.9 Å². The maximum atomic E-state index is 12.9. The minimum Gasteiger partial charge on any atom is -0.399 e. The summed E-state index contributed by atoms with van der Waals surface area (Å²) in [5, 5.41) is 6.68. The van der Waals surface area contributed by atoms with E-state index in [4.69, 9.17) is 5.73 Å². The van der Waals surface area contributed by atoms with Crippen molar-refractivity contribution >= 4 is 28.6 Å². The van der Waals surface area contributed by atoms with E-state index in [1.807, 2.05) is 48.5 Å². The van der Waals surface area contributed by atoms with Crippen LogP contribution in [0.3, 0.4) is 0 Å². The van der Waals surface area contributed by atoms with Crippen LogP contribution in [-0.4, -0.2) is 5.91 Å². The summed E-state index contributed by atoms with van der Waals surface area (Å²) < 4.78 is 0. The van der Waals surface area contributed by atoms with Crippen molar-refractivity contribution in [2.75, 3.05) is 11.1 Å². The molecule has 2 aliphatic rings. The van der Waals surface area contributed by atoms with E-state index < -0.39 is 0 Å². The minimum atomic E-state index is -0.0989. The Morgan fingerprint density at radius 1 is 1.00 bits per heavy atom. The van der Waals surface area contributed by atoms with E-state index in [1.165, 1.54) is 11.1 Å². The van der Waals surface area contributed by atoms with Crippen molar-refractivity contribution in [3.63, 3.8) is 0 Å². The van der Waals surface area contributed by atoms with Crippen molar-refractivity contribution in [2.24, 2.45) is 0 Å². The number of amides is 1. The molecule has 0 saturated heterocycles. The molecule has 1 amide bonds. The standard InChI is InChI=1S/C24H21N3O/c25-17-11-13-21-19(14-17)22(24(28)27-21)23(16-7-2-1-3-8-16)26-20-12-10-15-6-4-5-9-18(15)20/h1-9,11,13-14,20,26H,10,12,25H2,(H,27,28)/b23-22-. The fourth-order valence-corrected chi connectivity index (χ4v) is 4.22. The Morgan fingerprint density at radius 2 is 1.79 bits per heavy atom. The van der Waals surface area contributed by atoms with Crippen LogP contribution in [0.15, 0.2) is 72.8 Å². The van der Waals surface area contributed by atoms with Gasteiger partial charge in [-0.05, 0) is 47.7 Å². The van der Waals surface area contributed by atoms with Crippen molar-refractivity contribution < 1.29 is 4.79 Å². The fraction of sp³-hybridized carbons (Fsp3) is 0.125. The quantitative estimate of drug-likeness (QED) is 0.476. The monoisotopic (exact) mass is 367 g/mol. The largest absolute Gasteiger partial charge is 0.399 e. The van der Waals surface area contributed by atoms with Crippen molar-refractivity contribution in [1.29, 1.82) is 0 Å². The Hall–Kier alpha value is -3.53. The smallest absolute Gasteiger partial charge is 0.258 e. The summed E-state index contributed by atoms with van der Waals surface area (Å²) in [5.74, 6) is -0.0989. The zero-order valence-corrected chi connectivity index (χ0v) is 15.4. The Balaban J connectivity index is 1.66. The van der Waals surface area contributed by atoms with Gasteiger partial charge >= 0.3 is 0 Å². The Kier molecular flexibility index (Phi) is 3.90. The van der Waals surface area contributed by atoms with Crippen LogP contribution in [0.1, 0.15) is 34.7 Å². The molecule has 28 heavy (non-hydrogen) atoms. The molecule has 0 radical (unpaired) electrons. The van der Waals surface area contributed by atoms with Crippen LogP contribution in [0, 0.1) is 0 Å². The maximum absolute atomic E-state index is 12.9. The number of aryl methyl sites for hydroxylation is 1. The molecule has 1 atom stereocenters. The number of nitrogen functional groups attached to an aromatic ring is 1. The van der Waals surface area contributed by atoms with Crippen LogP contribution in [0.5, 0.6) is 0 Å². The Labute approximate surface area is 164 Å². The SMILES string of the molecule is Nc1ccc2c(c1)/C(=C(/NC1CCc3ccccc31)c1ccccc1)C(=O)N2. The lowest BCUT2D eigenvalue weighted by Gasteiger charge is -2.21. The first-order valence-electron chi connectivity index (χ1n) is 9.56. The molecule has 1 unspecified atom stereocenters. The Morgan fingerprint density at radius 3 is 2.64 bits per heavy atom. The molecule has 138 valence electrons. The van der Waals surface area contributed by atoms with Crippen LogP contribution >= 0.6 is 0 Å². The molecule has 3 aromatic carbocycles. The van der Waals surface area contributed by atoms with Gasteiger partial charge in [0.05, 0.1) is 17.3 Å². The van der Waals surface area contributed by atoms with Gasteiger partial charge in [0.2, 0.25) is 0 Å². The Bertz CT molecular complexity index is 1100. The van der Waals surface area contributed by atoms with E-state index in [0.717, 1.165) is 35.4 Å². The van der Waals surface area contributed by atoms with Gasteiger partial charge in [0.25, 0.3) is 5.91 Å². The summed E-state index contributed by atoms with van der Waals surface area (Å²) in [5.41, 5.74) is 13.5. The first-order chi connectivity index (χ1) is 13.7. The third-order valence-corrected chi connectivity index (χ3v) is 5.55. The molecular formula is C24H21N3O. The van der Waals surface area contributed by atoms with Gasteiger partial charge in [-0.1, -0.05) is 54.6 Å². The number of nitrogens with one attached hydrogen (secondary N) is 2. The second-order valence-corrected chi connectivity index (χ2v) is 7.31. The zero-order valence-electron chi connectivity index (χ0n) is 15.4. The number of hydrogen-bond donors (Lipinski definition) is 3. The molecule has 1 aliphatic carbocycles. The summed E-state index contributed by atoms with van der Waals surface area (Å²) in [6.45, 7) is 0. The van der Waals surface area contributed by atoms with Gasteiger partial charge in [0, 0.05) is 16.9 Å². The lowest BCUT2D eigenvalue weighted by molar-refractivity contribution is -0.110. The van der Waals surface area contributed by atoms with Gasteiger partial charge in [-0.25, -0.2) is 0 Å². The highest BCUT2D eigenvalue weighted by molar-refractivity contribution is 6.36. The van der Waals surface area contributed by atoms with Gasteiger partial charge in [-0.2, -0.15) is 0 Å². The van der Waals surface area contributed by atoms with Crippen LogP contribution in [-0.2, 0) is 11.2 Å². The van der Waals surface area contributed by atoms with Crippen LogP contribution in [0.25, 0.3) is 11.3 Å². The van der Waals surface area contributed by atoms with Gasteiger partial charge in [0.15, 0.2) is 0 Å². The maximum Gasteiger partial charge on any atom is 0.258 e. The second kappa shape index (κ2) is 6.57. The number of rotatable bonds is 3. The van der Waals surface area contributed by atoms with Gasteiger partial charge in [-0.15, -0.1) is 0 Å². The molecule has 1 aliphatic heterocycles. The van der Waals surface area contributed by atoms with Crippen molar-refractivity contribution in [2.45, 2.75) is 18.9 Å². The number of carbonyl (C=O) groups excluding carboxylic acids is 1. The number of carbonyl (C=O) groups is 1. The molecule has 5 rings (SSSR count). The third kappa shape index (κ3) is 2.74. The third-order valence-electron chi connectivity index (χ3n) is 5.55. The van der Waals surface area contributed by atoms with E-state index in [9.17, 15) is 4.79 Å². The number of hydrogen-bond acceptors (Lipinski definition) is 3. The van der Waals surface area contributed by atoms with Crippen LogP contribution in [0.4, 0.5) is 11.4 Å². The molecule has 0 spiro atoms. The van der Waals surface area contributed by atoms with Crippen molar-refractivity contribution in [1.82, 2.24) is 5.32 Å². The molecule has 3 aromatic rings. The molecule has 0 aromatic heterocycles. The number of nitrogens with two attached hydrogens (primary N) is 1. The number of anilines is 2. The molecule has 0 bridgehead atoms. The molecule has 4 N–H and O–H groups in total. The topological polar surface area (TPSA) is 67.1 Å². The van der Waals surface area contributed by atoms with E-state index in [0.29, 0.717) is 11.3 Å². The van der Waals surface area contributed by atoms with Crippen molar-refractivity contribution in [3.8, 4) is 0 Å². The zero-order chi connectivity index (χ0) is 19.1. The average Bonchev–Trinajstić information content (AvgIpc) is 3.27. The molecule has 4 heteroatoms. The lowest BCUT2D eigenvalue weighted by Crippen LogP contribution is -2.21. The molecular weight excluding hydrogens is 346 g/mol. The lowest BCUT2D eigenvalue weighted by atomic mass is 9.98. The number of benzene rings is 3. The minimum absolute atomic E-state index is 0.0989. The highest BCUT2D eigenvalue weighted by atomic mass is 16.2. The summed E-state index contributed by atoms with van der Waals surface area (Å²) >= 11 is 0. The summed E-state index contributed by atoms with van der Waals surface area (Å²) in [7, 11) is 0. The normalized spacial score (nSPS) is 19.0. The summed E-state index contributed by atoms with van der Waals surface area (Å²) in [6, 6.07) is 24.3. The fourth-order valence-electron chi connectivity index (χ4n) is 4.22. The van der Waals surface area contributed by atoms with Gasteiger partial charge < -0.3 is 16.4 Å². The van der Waals surface area contributed by atoms with E-state index in [2.05, 4.69) is 34.9 Å². The highest BCUT2D eigenvalue weighted by Crippen LogP contribution is 2.39. The molecule has 0 saturated carbocycles. The number of fused-ring (bicyclic) bond motifs is 2. The van der Waals surface area contributed by atoms with E-state index in [1.54, 1.807) is 0 Å².